The van der Waals surface area contributed by atoms with Crippen molar-refractivity contribution in [2.45, 2.75) is 31.4 Å². The highest BCUT2D eigenvalue weighted by Crippen LogP contribution is 2.34. The SMILES string of the molecule is N#Cc1cc(-c2ccnc(NC(=O)[C@H]3C[C@@H]3[N+](=O)[O-])c2)ccc1OC1CCOCC1. The highest BCUT2D eigenvalue weighted by molar-refractivity contribution is 5.94. The molecule has 1 aliphatic heterocycles. The molecule has 1 aliphatic carbocycles. The van der Waals surface area contributed by atoms with Crippen molar-refractivity contribution in [3.8, 4) is 22.9 Å². The minimum absolute atomic E-state index is 0.0323. The zero-order valence-electron chi connectivity index (χ0n) is 16.1. The fraction of sp³-hybridized carbons (Fsp3) is 0.381. The molecule has 9 nitrogen and oxygen atoms in total. The van der Waals surface area contributed by atoms with E-state index in [4.69, 9.17) is 9.47 Å². The van der Waals surface area contributed by atoms with Gasteiger partial charge in [-0.05, 0) is 35.4 Å². The Balaban J connectivity index is 1.48. The zero-order valence-corrected chi connectivity index (χ0v) is 16.1. The number of nitrogens with one attached hydrogen (secondary N) is 1. The van der Waals surface area contributed by atoms with Crippen LogP contribution in [0.5, 0.6) is 5.75 Å². The molecule has 2 heterocycles. The number of hydrogen-bond acceptors (Lipinski definition) is 7. The van der Waals surface area contributed by atoms with Gasteiger partial charge in [-0.25, -0.2) is 4.98 Å². The Kier molecular flexibility index (Phi) is 5.59. The van der Waals surface area contributed by atoms with Gasteiger partial charge in [-0.1, -0.05) is 6.07 Å². The van der Waals surface area contributed by atoms with Crippen LogP contribution in [-0.2, 0) is 9.53 Å². The summed E-state index contributed by atoms with van der Waals surface area (Å²) in [4.78, 5) is 26.6. The molecule has 2 aromatic rings. The van der Waals surface area contributed by atoms with Gasteiger partial charge in [0.25, 0.3) is 0 Å². The maximum absolute atomic E-state index is 12.1. The summed E-state index contributed by atoms with van der Waals surface area (Å²) in [5.41, 5.74) is 1.96. The standard InChI is InChI=1S/C21H20N4O5/c22-12-15-9-13(1-2-19(15)30-16-4-7-29-8-5-16)14-3-6-23-20(10-14)24-21(26)17-11-18(17)25(27)28/h1-3,6,9-10,16-18H,4-5,7-8,11H2,(H,23,24,26)/t17-,18-/m0/s1. The molecule has 0 unspecified atom stereocenters. The highest BCUT2D eigenvalue weighted by Gasteiger charge is 2.53. The van der Waals surface area contributed by atoms with Gasteiger partial charge in [-0.2, -0.15) is 5.26 Å². The Bertz CT molecular complexity index is 1010. The van der Waals surface area contributed by atoms with Crippen LogP contribution < -0.4 is 10.1 Å². The summed E-state index contributed by atoms with van der Waals surface area (Å²) < 4.78 is 11.3. The number of aromatic nitrogens is 1. The molecular formula is C21H20N4O5. The lowest BCUT2D eigenvalue weighted by atomic mass is 10.0. The molecule has 2 aliphatic rings. The summed E-state index contributed by atoms with van der Waals surface area (Å²) in [5.74, 6) is -0.167. The van der Waals surface area contributed by atoms with Gasteiger partial charge in [0.2, 0.25) is 11.9 Å². The minimum Gasteiger partial charge on any atom is -0.489 e. The van der Waals surface area contributed by atoms with E-state index >= 15 is 0 Å². The van der Waals surface area contributed by atoms with Crippen LogP contribution in [0.2, 0.25) is 0 Å². The third kappa shape index (κ3) is 4.39. The average Bonchev–Trinajstić information content (AvgIpc) is 3.56. The second-order valence-corrected chi connectivity index (χ2v) is 7.37. The number of nitro groups is 1. The van der Waals surface area contributed by atoms with Crippen LogP contribution in [0.4, 0.5) is 5.82 Å². The molecule has 1 aromatic heterocycles. The molecule has 30 heavy (non-hydrogen) atoms. The summed E-state index contributed by atoms with van der Waals surface area (Å²) >= 11 is 0. The first-order valence-electron chi connectivity index (χ1n) is 9.74. The number of carbonyl (C=O) groups is 1. The van der Waals surface area contributed by atoms with Gasteiger partial charge in [-0.15, -0.1) is 0 Å². The first kappa shape index (κ1) is 19.8. The van der Waals surface area contributed by atoms with E-state index in [0.717, 1.165) is 24.0 Å². The van der Waals surface area contributed by atoms with E-state index in [9.17, 15) is 20.2 Å². The van der Waals surface area contributed by atoms with Crippen LogP contribution >= 0.6 is 0 Å². The van der Waals surface area contributed by atoms with Gasteiger partial charge in [0.1, 0.15) is 29.7 Å². The highest BCUT2D eigenvalue weighted by atomic mass is 16.6. The number of amides is 1. The number of ether oxygens (including phenoxy) is 2. The van der Waals surface area contributed by atoms with Crippen molar-refractivity contribution in [1.29, 1.82) is 5.26 Å². The molecule has 154 valence electrons. The summed E-state index contributed by atoms with van der Waals surface area (Å²) in [7, 11) is 0. The van der Waals surface area contributed by atoms with Crippen LogP contribution in [0.25, 0.3) is 11.1 Å². The van der Waals surface area contributed by atoms with Gasteiger partial charge in [0.15, 0.2) is 0 Å². The average molecular weight is 408 g/mol. The van der Waals surface area contributed by atoms with Crippen molar-refractivity contribution in [3.63, 3.8) is 0 Å². The summed E-state index contributed by atoms with van der Waals surface area (Å²) in [5, 5.41) is 22.9. The van der Waals surface area contributed by atoms with Crippen LogP contribution in [0.1, 0.15) is 24.8 Å². The molecule has 9 heteroatoms. The molecule has 0 bridgehead atoms. The third-order valence-electron chi connectivity index (χ3n) is 5.27. The molecule has 1 saturated heterocycles. The van der Waals surface area contributed by atoms with Crippen molar-refractivity contribution < 1.29 is 19.2 Å². The van der Waals surface area contributed by atoms with Gasteiger partial charge in [0, 0.05) is 30.4 Å². The number of nitrogens with zero attached hydrogens (tertiary/aromatic N) is 3. The topological polar surface area (TPSA) is 127 Å². The fourth-order valence-corrected chi connectivity index (χ4v) is 3.47. The number of rotatable bonds is 6. The Morgan fingerprint density at radius 1 is 1.27 bits per heavy atom. The van der Waals surface area contributed by atoms with Crippen LogP contribution in [0.15, 0.2) is 36.5 Å². The van der Waals surface area contributed by atoms with E-state index in [0.29, 0.717) is 30.3 Å². The first-order chi connectivity index (χ1) is 14.5. The maximum Gasteiger partial charge on any atom is 0.235 e. The third-order valence-corrected chi connectivity index (χ3v) is 5.27. The Hall–Kier alpha value is -3.51. The van der Waals surface area contributed by atoms with E-state index in [1.807, 2.05) is 6.07 Å². The number of anilines is 1. The lowest BCUT2D eigenvalue weighted by molar-refractivity contribution is -0.497. The largest absolute Gasteiger partial charge is 0.489 e. The van der Waals surface area contributed by atoms with Crippen molar-refractivity contribution >= 4 is 11.7 Å². The molecule has 2 fully saturated rings. The summed E-state index contributed by atoms with van der Waals surface area (Å²) in [6.07, 6.45) is 3.40. The molecule has 1 aromatic carbocycles. The summed E-state index contributed by atoms with van der Waals surface area (Å²) in [6, 6.07) is 10.2. The van der Waals surface area contributed by atoms with Crippen molar-refractivity contribution in [2.75, 3.05) is 18.5 Å². The molecule has 0 radical (unpaired) electrons. The van der Waals surface area contributed by atoms with Crippen LogP contribution in [0, 0.1) is 27.4 Å². The van der Waals surface area contributed by atoms with Gasteiger partial charge >= 0.3 is 0 Å². The quantitative estimate of drug-likeness (QED) is 0.575. The molecule has 2 atom stereocenters. The monoisotopic (exact) mass is 408 g/mol. The molecular weight excluding hydrogens is 388 g/mol. The second-order valence-electron chi connectivity index (χ2n) is 7.37. The Labute approximate surface area is 172 Å². The lowest BCUT2D eigenvalue weighted by Crippen LogP contribution is -2.26. The molecule has 4 rings (SSSR count). The Morgan fingerprint density at radius 2 is 2.03 bits per heavy atom. The van der Waals surface area contributed by atoms with E-state index in [1.165, 1.54) is 0 Å². The second kappa shape index (κ2) is 8.47. The van der Waals surface area contributed by atoms with Crippen molar-refractivity contribution in [1.82, 2.24) is 4.98 Å². The molecule has 1 N–H and O–H groups in total. The lowest BCUT2D eigenvalue weighted by Gasteiger charge is -2.23. The first-order valence-corrected chi connectivity index (χ1v) is 9.74. The molecule has 1 amide bonds. The number of hydrogen-bond donors (Lipinski definition) is 1. The number of benzene rings is 1. The van der Waals surface area contributed by atoms with E-state index in [2.05, 4.69) is 16.4 Å². The Morgan fingerprint density at radius 3 is 2.73 bits per heavy atom. The van der Waals surface area contributed by atoms with Crippen molar-refractivity contribution in [2.24, 2.45) is 5.92 Å². The minimum atomic E-state index is -0.811. The number of nitriles is 1. The maximum atomic E-state index is 12.1. The predicted molar refractivity (Wildman–Crippen MR) is 106 cm³/mol. The van der Waals surface area contributed by atoms with Crippen LogP contribution in [-0.4, -0.2) is 41.2 Å². The number of pyridine rings is 1. The van der Waals surface area contributed by atoms with E-state index in [1.54, 1.807) is 30.5 Å². The van der Waals surface area contributed by atoms with E-state index in [-0.39, 0.29) is 12.5 Å². The normalized spacial score (nSPS) is 20.8. The van der Waals surface area contributed by atoms with E-state index < -0.39 is 22.8 Å². The van der Waals surface area contributed by atoms with Crippen LogP contribution in [0.3, 0.4) is 0 Å². The number of carbonyl (C=O) groups excluding carboxylic acids is 1. The zero-order chi connectivity index (χ0) is 21.1. The van der Waals surface area contributed by atoms with Crippen molar-refractivity contribution in [3.05, 3.63) is 52.2 Å². The molecule has 0 spiro atoms. The van der Waals surface area contributed by atoms with Gasteiger partial charge < -0.3 is 14.8 Å². The smallest absolute Gasteiger partial charge is 0.235 e. The predicted octanol–water partition coefficient (Wildman–Crippen LogP) is 2.78. The molecule has 1 saturated carbocycles. The summed E-state index contributed by atoms with van der Waals surface area (Å²) in [6.45, 7) is 1.30. The fourth-order valence-electron chi connectivity index (χ4n) is 3.47. The van der Waals surface area contributed by atoms with Gasteiger partial charge in [0.05, 0.1) is 18.8 Å². The van der Waals surface area contributed by atoms with Gasteiger partial charge in [-0.3, -0.25) is 14.9 Å².